The molecule has 3 rings (SSSR count). The van der Waals surface area contributed by atoms with Crippen molar-refractivity contribution >= 4 is 15.7 Å². The van der Waals surface area contributed by atoms with Crippen molar-refractivity contribution in [3.63, 3.8) is 0 Å². The van der Waals surface area contributed by atoms with Crippen molar-refractivity contribution in [2.75, 3.05) is 6.54 Å². The van der Waals surface area contributed by atoms with E-state index < -0.39 is 15.1 Å². The van der Waals surface area contributed by atoms with Crippen LogP contribution in [0.5, 0.6) is 0 Å². The summed E-state index contributed by atoms with van der Waals surface area (Å²) < 4.78 is 31.9. The van der Waals surface area contributed by atoms with E-state index in [2.05, 4.69) is 19.2 Å². The summed E-state index contributed by atoms with van der Waals surface area (Å²) in [6.45, 7) is 4.04. The largest absolute Gasteiger partial charge is 0.468 e. The maximum atomic E-state index is 13.3. The second-order valence-electron chi connectivity index (χ2n) is 7.24. The molecule has 0 fully saturated rings. The van der Waals surface area contributed by atoms with Gasteiger partial charge in [0.05, 0.1) is 17.6 Å². The molecule has 0 aliphatic rings. The Bertz CT molecular complexity index is 1020. The zero-order valence-electron chi connectivity index (χ0n) is 16.5. The van der Waals surface area contributed by atoms with Crippen LogP contribution in [0.3, 0.4) is 0 Å². The molecular weight excluding hydrogens is 386 g/mol. The van der Waals surface area contributed by atoms with Crippen LogP contribution in [0.2, 0.25) is 0 Å². The van der Waals surface area contributed by atoms with Gasteiger partial charge in [0.25, 0.3) is 0 Å². The lowest BCUT2D eigenvalue weighted by atomic mass is 10.0. The third-order valence-corrected chi connectivity index (χ3v) is 6.88. The zero-order chi connectivity index (χ0) is 20.9. The number of carbonyl (C=O) groups excluding carboxylic acids is 1. The van der Waals surface area contributed by atoms with E-state index in [1.54, 1.807) is 24.3 Å². The van der Waals surface area contributed by atoms with Crippen LogP contribution in [-0.4, -0.2) is 20.9 Å². The Morgan fingerprint density at radius 1 is 0.966 bits per heavy atom. The molecule has 0 saturated heterocycles. The number of benzene rings is 2. The maximum Gasteiger partial charge on any atom is 0.224 e. The topological polar surface area (TPSA) is 76.4 Å². The van der Waals surface area contributed by atoms with Crippen molar-refractivity contribution in [2.45, 2.75) is 36.3 Å². The van der Waals surface area contributed by atoms with Crippen LogP contribution >= 0.6 is 0 Å². The van der Waals surface area contributed by atoms with Gasteiger partial charge in [0.15, 0.2) is 9.84 Å². The maximum absolute atomic E-state index is 13.3. The summed E-state index contributed by atoms with van der Waals surface area (Å²) in [6.07, 6.45) is 1.63. The van der Waals surface area contributed by atoms with Crippen LogP contribution in [0.15, 0.2) is 82.3 Å². The molecule has 2 aromatic carbocycles. The summed E-state index contributed by atoms with van der Waals surface area (Å²) >= 11 is 0. The van der Waals surface area contributed by atoms with Crippen LogP contribution in [0.4, 0.5) is 0 Å². The number of nitrogens with one attached hydrogen (secondary N) is 1. The Balaban J connectivity index is 1.79. The van der Waals surface area contributed by atoms with E-state index in [0.29, 0.717) is 11.7 Å². The minimum atomic E-state index is -3.74. The van der Waals surface area contributed by atoms with Gasteiger partial charge in [0, 0.05) is 6.54 Å². The van der Waals surface area contributed by atoms with E-state index in [4.69, 9.17) is 4.42 Å². The molecule has 0 bridgehead atoms. The molecule has 0 spiro atoms. The first kappa shape index (κ1) is 20.9. The molecule has 3 aromatic rings. The van der Waals surface area contributed by atoms with Crippen LogP contribution in [-0.2, 0) is 21.1 Å². The van der Waals surface area contributed by atoms with Crippen LogP contribution in [0.1, 0.15) is 41.9 Å². The lowest BCUT2D eigenvalue weighted by Gasteiger charge is -2.17. The van der Waals surface area contributed by atoms with E-state index in [0.717, 1.165) is 11.1 Å². The van der Waals surface area contributed by atoms with Crippen molar-refractivity contribution in [3.05, 3.63) is 89.9 Å². The van der Waals surface area contributed by atoms with Crippen molar-refractivity contribution in [3.8, 4) is 0 Å². The minimum Gasteiger partial charge on any atom is -0.468 e. The summed E-state index contributed by atoms with van der Waals surface area (Å²) in [5.74, 6) is 0.376. The number of furan rings is 1. The average molecular weight is 412 g/mol. The Morgan fingerprint density at radius 2 is 1.66 bits per heavy atom. The fourth-order valence-corrected chi connectivity index (χ4v) is 4.68. The third-order valence-electron chi connectivity index (χ3n) is 4.80. The van der Waals surface area contributed by atoms with Crippen molar-refractivity contribution in [1.82, 2.24) is 5.32 Å². The molecule has 1 atom stereocenters. The number of amides is 1. The van der Waals surface area contributed by atoms with Gasteiger partial charge in [0.1, 0.15) is 11.0 Å². The molecule has 0 unspecified atom stereocenters. The number of hydrogen-bond acceptors (Lipinski definition) is 4. The van der Waals surface area contributed by atoms with Crippen molar-refractivity contribution < 1.29 is 17.6 Å². The molecule has 0 aliphatic heterocycles. The van der Waals surface area contributed by atoms with Gasteiger partial charge in [-0.05, 0) is 41.3 Å². The zero-order valence-corrected chi connectivity index (χ0v) is 17.4. The second-order valence-corrected chi connectivity index (χ2v) is 9.37. The number of rotatable bonds is 8. The molecule has 29 heavy (non-hydrogen) atoms. The second kappa shape index (κ2) is 9.09. The van der Waals surface area contributed by atoms with Gasteiger partial charge in [-0.25, -0.2) is 8.42 Å². The summed E-state index contributed by atoms with van der Waals surface area (Å²) in [7, 11) is -3.74. The first-order valence-electron chi connectivity index (χ1n) is 9.56. The van der Waals surface area contributed by atoms with E-state index in [9.17, 15) is 13.2 Å². The molecule has 0 aliphatic carbocycles. The van der Waals surface area contributed by atoms with E-state index in [1.165, 1.54) is 6.26 Å². The molecular formula is C23H25NO4S. The molecule has 1 aromatic heterocycles. The molecule has 5 nitrogen and oxygen atoms in total. The Labute approximate surface area is 171 Å². The van der Waals surface area contributed by atoms with E-state index >= 15 is 0 Å². The smallest absolute Gasteiger partial charge is 0.224 e. The normalized spacial score (nSPS) is 12.7. The highest BCUT2D eigenvalue weighted by atomic mass is 32.2. The van der Waals surface area contributed by atoms with Gasteiger partial charge < -0.3 is 9.73 Å². The predicted molar refractivity (Wildman–Crippen MR) is 112 cm³/mol. The molecule has 1 N–H and O–H groups in total. The molecule has 0 saturated carbocycles. The standard InChI is InChI=1S/C23H25NO4S/c1-17(2)19-10-12-20(13-11-19)29(26,27)22(21-9-6-14-28-21)16-24-23(25)15-18-7-4-3-5-8-18/h3-14,17,22H,15-16H2,1-2H3,(H,24,25)/t22-/m0/s1. The van der Waals surface area contributed by atoms with E-state index in [-0.39, 0.29) is 23.8 Å². The van der Waals surface area contributed by atoms with Crippen molar-refractivity contribution in [2.24, 2.45) is 0 Å². The van der Waals surface area contributed by atoms with Gasteiger partial charge in [-0.3, -0.25) is 4.79 Å². The number of carbonyl (C=O) groups is 1. The number of sulfone groups is 1. The van der Waals surface area contributed by atoms with E-state index in [1.807, 2.05) is 42.5 Å². The highest BCUT2D eigenvalue weighted by Crippen LogP contribution is 2.30. The summed E-state index contributed by atoms with van der Waals surface area (Å²) in [6, 6.07) is 19.5. The van der Waals surface area contributed by atoms with Gasteiger partial charge >= 0.3 is 0 Å². The first-order valence-corrected chi connectivity index (χ1v) is 11.1. The van der Waals surface area contributed by atoms with Crippen LogP contribution in [0, 0.1) is 0 Å². The lowest BCUT2D eigenvalue weighted by Crippen LogP contribution is -2.32. The van der Waals surface area contributed by atoms with Crippen LogP contribution < -0.4 is 5.32 Å². The van der Waals surface area contributed by atoms with Gasteiger partial charge in [-0.2, -0.15) is 0 Å². The fourth-order valence-electron chi connectivity index (χ4n) is 3.09. The SMILES string of the molecule is CC(C)c1ccc(S(=O)(=O)[C@@H](CNC(=O)Cc2ccccc2)c2ccco2)cc1. The van der Waals surface area contributed by atoms with Crippen molar-refractivity contribution in [1.29, 1.82) is 0 Å². The molecule has 1 amide bonds. The Hall–Kier alpha value is -2.86. The molecule has 6 heteroatoms. The summed E-state index contributed by atoms with van der Waals surface area (Å²) in [4.78, 5) is 12.5. The highest BCUT2D eigenvalue weighted by molar-refractivity contribution is 7.91. The van der Waals surface area contributed by atoms with Gasteiger partial charge in [-0.15, -0.1) is 0 Å². The predicted octanol–water partition coefficient (Wildman–Crippen LogP) is 4.28. The lowest BCUT2D eigenvalue weighted by molar-refractivity contribution is -0.120. The third kappa shape index (κ3) is 5.15. The molecule has 1 heterocycles. The molecule has 0 radical (unpaired) electrons. The molecule has 152 valence electrons. The van der Waals surface area contributed by atoms with Gasteiger partial charge in [-0.1, -0.05) is 56.3 Å². The quantitative estimate of drug-likeness (QED) is 0.600. The summed E-state index contributed by atoms with van der Waals surface area (Å²) in [5.41, 5.74) is 1.93. The Morgan fingerprint density at radius 3 is 2.24 bits per heavy atom. The Kier molecular flexibility index (Phi) is 6.54. The highest BCUT2D eigenvalue weighted by Gasteiger charge is 2.31. The fraction of sp³-hybridized carbons (Fsp3) is 0.261. The average Bonchev–Trinajstić information content (AvgIpc) is 3.23. The summed E-state index contributed by atoms with van der Waals surface area (Å²) in [5, 5.41) is 1.75. The van der Waals surface area contributed by atoms with Gasteiger partial charge in [0.2, 0.25) is 5.91 Å². The first-order chi connectivity index (χ1) is 13.9. The monoisotopic (exact) mass is 411 g/mol. The minimum absolute atomic E-state index is 0.0621. The number of hydrogen-bond donors (Lipinski definition) is 1. The van der Waals surface area contributed by atoms with Crippen LogP contribution in [0.25, 0.3) is 0 Å².